The van der Waals surface area contributed by atoms with Crippen molar-refractivity contribution in [3.05, 3.63) is 58.8 Å². The van der Waals surface area contributed by atoms with Crippen LogP contribution in [0, 0.1) is 5.92 Å². The molecule has 146 valence electrons. The molecule has 0 saturated heterocycles. The first kappa shape index (κ1) is 18.3. The topological polar surface area (TPSA) is 55.6 Å². The Morgan fingerprint density at radius 1 is 1.14 bits per heavy atom. The van der Waals surface area contributed by atoms with E-state index in [0.717, 1.165) is 23.6 Å². The highest BCUT2D eigenvalue weighted by atomic mass is 35.5. The van der Waals surface area contributed by atoms with Gasteiger partial charge in [-0.25, -0.2) is 0 Å². The van der Waals surface area contributed by atoms with Crippen LogP contribution in [0.2, 0.25) is 10.0 Å². The van der Waals surface area contributed by atoms with Gasteiger partial charge in [-0.3, -0.25) is 14.7 Å². The molecule has 1 fully saturated rings. The van der Waals surface area contributed by atoms with Crippen LogP contribution in [0.4, 0.5) is 11.4 Å². The van der Waals surface area contributed by atoms with Crippen molar-refractivity contribution in [1.29, 1.82) is 0 Å². The number of amides is 1. The first-order valence-electron chi connectivity index (χ1n) is 9.20. The molecule has 0 radical (unpaired) electrons. The SMILES string of the molecule is COc1cccc2c1oc1ccc(N(C(=O)C3CC3)c3c(Cl)cncc3Cl)cc12. The fraction of sp³-hybridized carbons (Fsp3) is 0.182. The largest absolute Gasteiger partial charge is 0.493 e. The van der Waals surface area contributed by atoms with Crippen LogP contribution in [-0.4, -0.2) is 18.0 Å². The fourth-order valence-corrected chi connectivity index (χ4v) is 4.09. The molecular formula is C22H16Cl2N2O3. The zero-order valence-electron chi connectivity index (χ0n) is 15.5. The average Bonchev–Trinajstić information content (AvgIpc) is 3.51. The standard InChI is InChI=1S/C22H16Cl2N2O3/c1-28-19-4-2-3-14-15-9-13(7-8-18(15)29-21(14)19)26(22(27)12-5-6-12)20-16(23)10-25-11-17(20)24/h2-4,7-12H,5-6H2,1H3. The fourth-order valence-electron chi connectivity index (χ4n) is 3.56. The molecule has 0 aliphatic heterocycles. The molecule has 2 aromatic carbocycles. The summed E-state index contributed by atoms with van der Waals surface area (Å²) in [6.45, 7) is 0. The molecule has 1 aliphatic rings. The summed E-state index contributed by atoms with van der Waals surface area (Å²) in [4.78, 5) is 18.8. The van der Waals surface area contributed by atoms with Gasteiger partial charge in [-0.2, -0.15) is 0 Å². The van der Waals surface area contributed by atoms with Crippen molar-refractivity contribution < 1.29 is 13.9 Å². The number of aromatic nitrogens is 1. The Kier molecular flexibility index (Phi) is 4.37. The van der Waals surface area contributed by atoms with Crippen molar-refractivity contribution in [3.63, 3.8) is 0 Å². The Bertz CT molecular complexity index is 1240. The molecule has 0 bridgehead atoms. The smallest absolute Gasteiger partial charge is 0.234 e. The summed E-state index contributed by atoms with van der Waals surface area (Å²) in [6, 6.07) is 11.3. The van der Waals surface area contributed by atoms with Crippen LogP contribution in [0.15, 0.2) is 53.2 Å². The summed E-state index contributed by atoms with van der Waals surface area (Å²) in [7, 11) is 1.61. The van der Waals surface area contributed by atoms with Crippen LogP contribution in [0.1, 0.15) is 12.8 Å². The van der Waals surface area contributed by atoms with Gasteiger partial charge < -0.3 is 9.15 Å². The Morgan fingerprint density at radius 2 is 1.90 bits per heavy atom. The molecule has 1 saturated carbocycles. The highest BCUT2D eigenvalue weighted by Gasteiger charge is 2.36. The summed E-state index contributed by atoms with van der Waals surface area (Å²) < 4.78 is 11.4. The lowest BCUT2D eigenvalue weighted by Crippen LogP contribution is -2.28. The van der Waals surface area contributed by atoms with E-state index in [2.05, 4.69) is 4.98 Å². The van der Waals surface area contributed by atoms with Gasteiger partial charge in [0.25, 0.3) is 0 Å². The lowest BCUT2D eigenvalue weighted by atomic mass is 10.1. The molecule has 0 atom stereocenters. The number of nitrogens with zero attached hydrogens (tertiary/aromatic N) is 2. The maximum Gasteiger partial charge on any atom is 0.234 e. The molecule has 1 amide bonds. The number of carbonyl (C=O) groups is 1. The molecule has 0 spiro atoms. The molecule has 0 unspecified atom stereocenters. The Morgan fingerprint density at radius 3 is 2.59 bits per heavy atom. The highest BCUT2D eigenvalue weighted by molar-refractivity contribution is 6.40. The minimum atomic E-state index is -0.0234. The van der Waals surface area contributed by atoms with Crippen molar-refractivity contribution in [2.24, 2.45) is 5.92 Å². The summed E-state index contributed by atoms with van der Waals surface area (Å²) in [6.07, 6.45) is 4.71. The third kappa shape index (κ3) is 3.02. The van der Waals surface area contributed by atoms with Gasteiger partial charge in [0.2, 0.25) is 5.91 Å². The molecular weight excluding hydrogens is 411 g/mol. The Hall–Kier alpha value is -2.76. The van der Waals surface area contributed by atoms with E-state index in [1.54, 1.807) is 12.0 Å². The zero-order valence-corrected chi connectivity index (χ0v) is 17.0. The molecule has 7 heteroatoms. The van der Waals surface area contributed by atoms with Gasteiger partial charge >= 0.3 is 0 Å². The van der Waals surface area contributed by atoms with Gasteiger partial charge in [0.05, 0.1) is 22.8 Å². The number of halogens is 2. The Labute approximate surface area is 176 Å². The lowest BCUT2D eigenvalue weighted by Gasteiger charge is -2.25. The molecule has 4 aromatic rings. The number of furan rings is 1. The number of benzene rings is 2. The highest BCUT2D eigenvalue weighted by Crippen LogP contribution is 2.44. The Balaban J connectivity index is 1.74. The first-order chi connectivity index (χ1) is 14.1. The lowest BCUT2D eigenvalue weighted by molar-refractivity contribution is -0.119. The number of fused-ring (bicyclic) bond motifs is 3. The van der Waals surface area contributed by atoms with Gasteiger partial charge in [0, 0.05) is 34.8 Å². The number of anilines is 2. The third-order valence-corrected chi connectivity index (χ3v) is 5.67. The van der Waals surface area contributed by atoms with E-state index in [4.69, 9.17) is 32.4 Å². The molecule has 1 aliphatic carbocycles. The summed E-state index contributed by atoms with van der Waals surface area (Å²) >= 11 is 12.8. The van der Waals surface area contributed by atoms with Crippen LogP contribution >= 0.6 is 23.2 Å². The van der Waals surface area contributed by atoms with Gasteiger partial charge in [0.1, 0.15) is 5.58 Å². The van der Waals surface area contributed by atoms with E-state index in [1.807, 2.05) is 36.4 Å². The predicted molar refractivity (Wildman–Crippen MR) is 114 cm³/mol. The van der Waals surface area contributed by atoms with Crippen molar-refractivity contribution >= 4 is 62.4 Å². The van der Waals surface area contributed by atoms with Crippen molar-refractivity contribution in [1.82, 2.24) is 4.98 Å². The van der Waals surface area contributed by atoms with Crippen LogP contribution in [-0.2, 0) is 4.79 Å². The minimum Gasteiger partial charge on any atom is -0.493 e. The first-order valence-corrected chi connectivity index (χ1v) is 9.96. The normalized spacial score (nSPS) is 13.8. The van der Waals surface area contributed by atoms with E-state index in [1.165, 1.54) is 12.4 Å². The van der Waals surface area contributed by atoms with E-state index < -0.39 is 0 Å². The number of hydrogen-bond donors (Lipinski definition) is 0. The van der Waals surface area contributed by atoms with E-state index in [-0.39, 0.29) is 11.8 Å². The van der Waals surface area contributed by atoms with Crippen LogP contribution < -0.4 is 9.64 Å². The molecule has 29 heavy (non-hydrogen) atoms. The zero-order chi connectivity index (χ0) is 20.1. The van der Waals surface area contributed by atoms with Gasteiger partial charge in [-0.05, 0) is 37.1 Å². The number of pyridine rings is 1. The number of methoxy groups -OCH3 is 1. The van der Waals surface area contributed by atoms with Gasteiger partial charge in [0.15, 0.2) is 11.3 Å². The second kappa shape index (κ2) is 6.94. The quantitative estimate of drug-likeness (QED) is 0.380. The van der Waals surface area contributed by atoms with Crippen LogP contribution in [0.25, 0.3) is 21.9 Å². The minimum absolute atomic E-state index is 0.0211. The van der Waals surface area contributed by atoms with Crippen molar-refractivity contribution in [2.75, 3.05) is 12.0 Å². The third-order valence-electron chi connectivity index (χ3n) is 5.12. The van der Waals surface area contributed by atoms with E-state index >= 15 is 0 Å². The van der Waals surface area contributed by atoms with Crippen LogP contribution in [0.3, 0.4) is 0 Å². The maximum atomic E-state index is 13.2. The van der Waals surface area contributed by atoms with Crippen LogP contribution in [0.5, 0.6) is 5.75 Å². The number of ether oxygens (including phenoxy) is 1. The average molecular weight is 427 g/mol. The molecule has 5 rings (SSSR count). The van der Waals surface area contributed by atoms with Crippen molar-refractivity contribution in [2.45, 2.75) is 12.8 Å². The second-order valence-electron chi connectivity index (χ2n) is 7.02. The van der Waals surface area contributed by atoms with Crippen molar-refractivity contribution in [3.8, 4) is 5.75 Å². The molecule has 2 heterocycles. The number of rotatable bonds is 4. The molecule has 2 aromatic heterocycles. The summed E-state index contributed by atoms with van der Waals surface area (Å²) in [5.41, 5.74) is 2.50. The second-order valence-corrected chi connectivity index (χ2v) is 7.83. The maximum absolute atomic E-state index is 13.2. The number of carbonyl (C=O) groups excluding carboxylic acids is 1. The monoisotopic (exact) mass is 426 g/mol. The predicted octanol–water partition coefficient (Wildman–Crippen LogP) is 6.37. The number of hydrogen-bond acceptors (Lipinski definition) is 4. The van der Waals surface area contributed by atoms with E-state index in [9.17, 15) is 4.79 Å². The molecule has 5 nitrogen and oxygen atoms in total. The van der Waals surface area contributed by atoms with Gasteiger partial charge in [-0.15, -0.1) is 0 Å². The summed E-state index contributed by atoms with van der Waals surface area (Å²) in [5, 5.41) is 2.44. The van der Waals surface area contributed by atoms with E-state index in [0.29, 0.717) is 38.3 Å². The summed E-state index contributed by atoms with van der Waals surface area (Å²) in [5.74, 6) is 0.614. The molecule has 0 N–H and O–H groups in total. The number of para-hydroxylation sites is 1. The van der Waals surface area contributed by atoms with Gasteiger partial charge in [-0.1, -0.05) is 35.3 Å².